The first-order valence-corrected chi connectivity index (χ1v) is 8.96. The highest BCUT2D eigenvalue weighted by molar-refractivity contribution is 7.91. The van der Waals surface area contributed by atoms with Crippen molar-refractivity contribution in [3.63, 3.8) is 0 Å². The monoisotopic (exact) mass is 437 g/mol. The maximum absolute atomic E-state index is 13.6. The Kier molecular flexibility index (Phi) is 5.25. The van der Waals surface area contributed by atoms with Crippen LogP contribution in [-0.4, -0.2) is 34.9 Å². The van der Waals surface area contributed by atoms with Gasteiger partial charge in [0.2, 0.25) is 0 Å². The fraction of sp³-hybridized carbons (Fsp3) is 0.429. The summed E-state index contributed by atoms with van der Waals surface area (Å²) in [6, 6.07) is 0.234. The molecule has 5 nitrogen and oxygen atoms in total. The van der Waals surface area contributed by atoms with Gasteiger partial charge in [-0.05, 0) is 6.07 Å². The number of imidazole rings is 1. The first-order chi connectivity index (χ1) is 12.5. The Morgan fingerprint density at radius 1 is 1.00 bits per heavy atom. The Labute approximate surface area is 152 Å². The van der Waals surface area contributed by atoms with Crippen LogP contribution < -0.4 is 0 Å². The number of hydrogen-bond acceptors (Lipinski definition) is 4. The molecule has 0 amide bonds. The number of sulfone groups is 1. The van der Waals surface area contributed by atoms with Crippen LogP contribution in [-0.2, 0) is 29.0 Å². The minimum Gasteiger partial charge on any atom is -0.324 e. The van der Waals surface area contributed by atoms with Crippen molar-refractivity contribution < 1.29 is 43.5 Å². The van der Waals surface area contributed by atoms with E-state index < -0.39 is 61.5 Å². The molecule has 0 bridgehead atoms. The van der Waals surface area contributed by atoms with Crippen LogP contribution >= 0.6 is 0 Å². The zero-order valence-electron chi connectivity index (χ0n) is 14.0. The fourth-order valence-electron chi connectivity index (χ4n) is 2.23. The quantitative estimate of drug-likeness (QED) is 0.680. The summed E-state index contributed by atoms with van der Waals surface area (Å²) in [6.07, 6.45) is -10.5. The first-order valence-electron chi connectivity index (χ1n) is 7.31. The molecule has 0 unspecified atom stereocenters. The lowest BCUT2D eigenvalue weighted by atomic mass is 10.2. The van der Waals surface area contributed by atoms with Crippen LogP contribution in [0.15, 0.2) is 23.4 Å². The molecule has 0 spiro atoms. The van der Waals surface area contributed by atoms with E-state index >= 15 is 0 Å². The van der Waals surface area contributed by atoms with Crippen molar-refractivity contribution in [1.82, 2.24) is 14.5 Å². The molecule has 28 heavy (non-hydrogen) atoms. The van der Waals surface area contributed by atoms with Crippen LogP contribution in [0.25, 0.3) is 11.5 Å². The zero-order chi connectivity index (χ0) is 21.7. The van der Waals surface area contributed by atoms with Gasteiger partial charge >= 0.3 is 18.3 Å². The minimum absolute atomic E-state index is 0.157. The van der Waals surface area contributed by atoms with Gasteiger partial charge in [-0.25, -0.2) is 13.4 Å². The van der Waals surface area contributed by atoms with Crippen molar-refractivity contribution >= 4 is 9.84 Å². The third-order valence-electron chi connectivity index (χ3n) is 3.77. The second-order valence-electron chi connectivity index (χ2n) is 5.57. The molecule has 0 aliphatic rings. The van der Waals surface area contributed by atoms with Gasteiger partial charge in [-0.15, -0.1) is 0 Å². The molecule has 0 fully saturated rings. The highest BCUT2D eigenvalue weighted by Crippen LogP contribution is 2.44. The SMILES string of the molecule is CCS(=O)(=O)c1cc(C(F)(F)F)cnc1-c1ncc(C(F)(F)C(F)(F)F)n1C. The van der Waals surface area contributed by atoms with E-state index in [-0.39, 0.29) is 23.0 Å². The lowest BCUT2D eigenvalue weighted by molar-refractivity contribution is -0.291. The predicted octanol–water partition coefficient (Wildman–Crippen LogP) is 3.95. The van der Waals surface area contributed by atoms with Crippen molar-refractivity contribution in [2.75, 3.05) is 5.75 Å². The van der Waals surface area contributed by atoms with Crippen LogP contribution in [0.2, 0.25) is 0 Å². The molecule has 0 N–H and O–H groups in total. The molecule has 0 aromatic carbocycles. The highest BCUT2D eigenvalue weighted by atomic mass is 32.2. The number of pyridine rings is 1. The molecule has 2 heterocycles. The lowest BCUT2D eigenvalue weighted by Crippen LogP contribution is -2.35. The van der Waals surface area contributed by atoms with Crippen LogP contribution in [0.4, 0.5) is 35.1 Å². The Morgan fingerprint density at radius 3 is 2.04 bits per heavy atom. The molecule has 2 aromatic rings. The van der Waals surface area contributed by atoms with Crippen LogP contribution in [0.5, 0.6) is 0 Å². The number of nitrogens with zero attached hydrogens (tertiary/aromatic N) is 3. The number of rotatable bonds is 4. The van der Waals surface area contributed by atoms with Crippen molar-refractivity contribution in [3.05, 3.63) is 29.7 Å². The van der Waals surface area contributed by atoms with Crippen LogP contribution in [0.3, 0.4) is 0 Å². The van der Waals surface area contributed by atoms with E-state index in [1.165, 1.54) is 0 Å². The number of halogens is 8. The summed E-state index contributed by atoms with van der Waals surface area (Å²) >= 11 is 0. The Morgan fingerprint density at radius 2 is 1.57 bits per heavy atom. The third kappa shape index (κ3) is 3.69. The number of hydrogen-bond donors (Lipinski definition) is 0. The summed E-state index contributed by atoms with van der Waals surface area (Å²) in [4.78, 5) is 5.69. The van der Waals surface area contributed by atoms with Gasteiger partial charge in [0.25, 0.3) is 0 Å². The lowest BCUT2D eigenvalue weighted by Gasteiger charge is -2.20. The van der Waals surface area contributed by atoms with Gasteiger partial charge in [-0.2, -0.15) is 35.1 Å². The molecule has 2 rings (SSSR count). The predicted molar refractivity (Wildman–Crippen MR) is 79.1 cm³/mol. The number of alkyl halides is 8. The van der Waals surface area contributed by atoms with E-state index in [9.17, 15) is 43.5 Å². The van der Waals surface area contributed by atoms with Crippen LogP contribution in [0.1, 0.15) is 18.2 Å². The van der Waals surface area contributed by atoms with Gasteiger partial charge in [-0.3, -0.25) is 4.98 Å². The molecule has 0 atom stereocenters. The summed E-state index contributed by atoms with van der Waals surface area (Å²) in [7, 11) is -3.62. The third-order valence-corrected chi connectivity index (χ3v) is 5.51. The molecule has 14 heteroatoms. The molecule has 0 aliphatic heterocycles. The molecule has 0 saturated heterocycles. The summed E-state index contributed by atoms with van der Waals surface area (Å²) in [5.41, 5.74) is -3.84. The average Bonchev–Trinajstić information content (AvgIpc) is 2.94. The summed E-state index contributed by atoms with van der Waals surface area (Å²) in [5, 5.41) is 0. The van der Waals surface area contributed by atoms with Gasteiger partial charge < -0.3 is 4.57 Å². The summed E-state index contributed by atoms with van der Waals surface area (Å²) in [6.45, 7) is 1.11. The molecular weight excluding hydrogens is 426 g/mol. The van der Waals surface area contributed by atoms with Gasteiger partial charge in [-0.1, -0.05) is 6.92 Å². The number of aromatic nitrogens is 3. The Balaban J connectivity index is 2.77. The molecule has 0 radical (unpaired) electrons. The van der Waals surface area contributed by atoms with Crippen molar-refractivity contribution in [1.29, 1.82) is 0 Å². The average molecular weight is 437 g/mol. The van der Waals surface area contributed by atoms with Crippen molar-refractivity contribution in [3.8, 4) is 11.5 Å². The van der Waals surface area contributed by atoms with Gasteiger partial charge in [0.05, 0.1) is 22.4 Å². The molecule has 0 saturated carbocycles. The molecule has 0 aliphatic carbocycles. The van der Waals surface area contributed by atoms with E-state index in [4.69, 9.17) is 0 Å². The topological polar surface area (TPSA) is 64.8 Å². The second kappa shape index (κ2) is 6.67. The highest BCUT2D eigenvalue weighted by Gasteiger charge is 2.60. The molecular formula is C14H11F8N3O2S. The van der Waals surface area contributed by atoms with Crippen LogP contribution in [0, 0.1) is 0 Å². The van der Waals surface area contributed by atoms with E-state index in [0.717, 1.165) is 14.0 Å². The second-order valence-corrected chi connectivity index (χ2v) is 7.82. The Bertz CT molecular complexity index is 993. The normalized spacial score (nSPS) is 13.8. The van der Waals surface area contributed by atoms with Gasteiger partial charge in [0.15, 0.2) is 15.7 Å². The first kappa shape index (κ1) is 22.0. The Hall–Kier alpha value is -2.25. The van der Waals surface area contributed by atoms with Crippen molar-refractivity contribution in [2.24, 2.45) is 7.05 Å². The van der Waals surface area contributed by atoms with E-state index in [1.807, 2.05) is 0 Å². The van der Waals surface area contributed by atoms with Gasteiger partial charge in [0.1, 0.15) is 11.4 Å². The maximum atomic E-state index is 13.6. The minimum atomic E-state index is -5.97. The van der Waals surface area contributed by atoms with E-state index in [1.54, 1.807) is 0 Å². The standard InChI is InChI=1S/C14H11F8N3O2S/c1-3-28(26,27)8-4-7(13(17,18)19)5-23-10(8)11-24-6-9(25(11)2)12(15,16)14(20,21)22/h4-6H,3H2,1-2H3. The van der Waals surface area contributed by atoms with Crippen molar-refractivity contribution in [2.45, 2.75) is 30.1 Å². The van der Waals surface area contributed by atoms with Gasteiger partial charge in [0, 0.05) is 13.2 Å². The fourth-order valence-corrected chi connectivity index (χ4v) is 3.28. The maximum Gasteiger partial charge on any atom is 0.459 e. The molecule has 156 valence electrons. The molecule has 2 aromatic heterocycles. The smallest absolute Gasteiger partial charge is 0.324 e. The summed E-state index contributed by atoms with van der Waals surface area (Å²) < 4.78 is 128. The largest absolute Gasteiger partial charge is 0.459 e. The zero-order valence-corrected chi connectivity index (χ0v) is 14.8. The summed E-state index contributed by atoms with van der Waals surface area (Å²) in [5.74, 6) is -6.76. The van der Waals surface area contributed by atoms with E-state index in [0.29, 0.717) is 0 Å². The van der Waals surface area contributed by atoms with E-state index in [2.05, 4.69) is 9.97 Å².